The maximum atomic E-state index is 13.5. The molecule has 5 heteroatoms. The van der Waals surface area contributed by atoms with E-state index in [4.69, 9.17) is 5.73 Å². The Balaban J connectivity index is 2.58. The third-order valence-electron chi connectivity index (χ3n) is 2.27. The van der Waals surface area contributed by atoms with Crippen molar-refractivity contribution in [2.24, 2.45) is 0 Å². The van der Waals surface area contributed by atoms with Gasteiger partial charge in [0.1, 0.15) is 17.3 Å². The van der Waals surface area contributed by atoms with Crippen LogP contribution < -0.4 is 5.73 Å². The molecule has 1 heterocycles. The fraction of sp³-hybridized carbons (Fsp3) is 0.0909. The standard InChI is InChI=1S/C11H10FN3O/c1-7(16)8-6-14-15(11(8)13)10-5-3-2-4-9(10)12/h2-6H,13H2,1H3. The van der Waals surface area contributed by atoms with Gasteiger partial charge in [0, 0.05) is 0 Å². The lowest BCUT2D eigenvalue weighted by Gasteiger charge is -2.05. The van der Waals surface area contributed by atoms with Crippen molar-refractivity contribution in [3.63, 3.8) is 0 Å². The normalized spacial score (nSPS) is 10.4. The lowest BCUT2D eigenvalue weighted by Crippen LogP contribution is -2.06. The van der Waals surface area contributed by atoms with Crippen LogP contribution in [-0.2, 0) is 0 Å². The van der Waals surface area contributed by atoms with Gasteiger partial charge < -0.3 is 5.73 Å². The summed E-state index contributed by atoms with van der Waals surface area (Å²) in [6.45, 7) is 1.39. The maximum Gasteiger partial charge on any atom is 0.165 e. The number of hydrogen-bond donors (Lipinski definition) is 1. The monoisotopic (exact) mass is 219 g/mol. The molecule has 0 spiro atoms. The molecule has 0 atom stereocenters. The van der Waals surface area contributed by atoms with Gasteiger partial charge in [-0.2, -0.15) is 5.10 Å². The zero-order chi connectivity index (χ0) is 11.7. The van der Waals surface area contributed by atoms with E-state index in [0.717, 1.165) is 0 Å². The minimum Gasteiger partial charge on any atom is -0.383 e. The number of hydrogen-bond acceptors (Lipinski definition) is 3. The zero-order valence-electron chi connectivity index (χ0n) is 8.64. The Bertz CT molecular complexity index is 548. The first-order chi connectivity index (χ1) is 7.61. The molecule has 0 saturated carbocycles. The summed E-state index contributed by atoms with van der Waals surface area (Å²) >= 11 is 0. The van der Waals surface area contributed by atoms with E-state index in [1.54, 1.807) is 18.2 Å². The average molecular weight is 219 g/mol. The Labute approximate surface area is 91.5 Å². The molecule has 0 unspecified atom stereocenters. The van der Waals surface area contributed by atoms with Gasteiger partial charge in [0.25, 0.3) is 0 Å². The van der Waals surface area contributed by atoms with Gasteiger partial charge in [-0.1, -0.05) is 12.1 Å². The van der Waals surface area contributed by atoms with Crippen LogP contribution >= 0.6 is 0 Å². The third-order valence-corrected chi connectivity index (χ3v) is 2.27. The quantitative estimate of drug-likeness (QED) is 0.783. The second kappa shape index (κ2) is 3.77. The molecule has 0 saturated heterocycles. The van der Waals surface area contributed by atoms with Gasteiger partial charge in [0.05, 0.1) is 11.8 Å². The van der Waals surface area contributed by atoms with E-state index >= 15 is 0 Å². The van der Waals surface area contributed by atoms with Crippen molar-refractivity contribution in [3.05, 3.63) is 41.8 Å². The summed E-state index contributed by atoms with van der Waals surface area (Å²) in [5.41, 5.74) is 6.24. The van der Waals surface area contributed by atoms with Crippen molar-refractivity contribution in [3.8, 4) is 5.69 Å². The number of nitrogens with two attached hydrogens (primary N) is 1. The maximum absolute atomic E-state index is 13.5. The summed E-state index contributed by atoms with van der Waals surface area (Å²) in [6, 6.07) is 6.10. The number of para-hydroxylation sites is 1. The van der Waals surface area contributed by atoms with E-state index in [1.165, 1.54) is 23.9 Å². The number of rotatable bonds is 2. The number of ketones is 1. The van der Waals surface area contributed by atoms with Gasteiger partial charge in [-0.15, -0.1) is 0 Å². The van der Waals surface area contributed by atoms with Crippen molar-refractivity contribution in [1.82, 2.24) is 9.78 Å². The second-order valence-corrected chi connectivity index (χ2v) is 3.36. The first-order valence-electron chi connectivity index (χ1n) is 4.70. The lowest BCUT2D eigenvalue weighted by atomic mass is 10.2. The first-order valence-corrected chi connectivity index (χ1v) is 4.70. The molecule has 2 aromatic rings. The number of anilines is 1. The highest BCUT2D eigenvalue weighted by Gasteiger charge is 2.14. The Morgan fingerprint density at radius 2 is 2.12 bits per heavy atom. The minimum atomic E-state index is -0.438. The predicted octanol–water partition coefficient (Wildman–Crippen LogP) is 1.80. The molecule has 0 fully saturated rings. The van der Waals surface area contributed by atoms with E-state index in [-0.39, 0.29) is 17.3 Å². The molecule has 0 aliphatic rings. The largest absolute Gasteiger partial charge is 0.383 e. The van der Waals surface area contributed by atoms with E-state index in [9.17, 15) is 9.18 Å². The van der Waals surface area contributed by atoms with Crippen LogP contribution in [0.1, 0.15) is 17.3 Å². The molecule has 0 bridgehead atoms. The highest BCUT2D eigenvalue weighted by molar-refractivity contribution is 5.98. The molecular weight excluding hydrogens is 209 g/mol. The summed E-state index contributed by atoms with van der Waals surface area (Å²) in [7, 11) is 0. The Kier molecular flexibility index (Phi) is 2.44. The number of benzene rings is 1. The SMILES string of the molecule is CC(=O)c1cnn(-c2ccccc2F)c1N. The van der Waals surface area contributed by atoms with Gasteiger partial charge in [-0.25, -0.2) is 9.07 Å². The van der Waals surface area contributed by atoms with Crippen molar-refractivity contribution in [2.45, 2.75) is 6.92 Å². The van der Waals surface area contributed by atoms with E-state index in [1.807, 2.05) is 0 Å². The van der Waals surface area contributed by atoms with E-state index in [2.05, 4.69) is 5.10 Å². The van der Waals surface area contributed by atoms with Crippen LogP contribution in [0, 0.1) is 5.82 Å². The predicted molar refractivity (Wildman–Crippen MR) is 57.9 cm³/mol. The molecule has 4 nitrogen and oxygen atoms in total. The van der Waals surface area contributed by atoms with Crippen LogP contribution in [0.5, 0.6) is 0 Å². The number of Topliss-reactive ketones (excluding diaryl/α,β-unsaturated/α-hetero) is 1. The molecule has 0 aliphatic carbocycles. The minimum absolute atomic E-state index is 0.151. The molecule has 2 N–H and O–H groups in total. The molecular formula is C11H10FN3O. The average Bonchev–Trinajstić information content (AvgIpc) is 2.61. The van der Waals surface area contributed by atoms with Crippen molar-refractivity contribution in [1.29, 1.82) is 0 Å². The molecule has 1 aromatic heterocycles. The molecule has 1 aromatic carbocycles. The van der Waals surface area contributed by atoms with E-state index in [0.29, 0.717) is 5.56 Å². The molecule has 82 valence electrons. The van der Waals surface area contributed by atoms with Gasteiger partial charge in [-0.3, -0.25) is 4.79 Å². The summed E-state index contributed by atoms with van der Waals surface area (Å²) < 4.78 is 14.7. The van der Waals surface area contributed by atoms with Crippen LogP contribution in [-0.4, -0.2) is 15.6 Å². The number of nitrogen functional groups attached to an aromatic ring is 1. The number of aromatic nitrogens is 2. The van der Waals surface area contributed by atoms with Crippen LogP contribution in [0.3, 0.4) is 0 Å². The van der Waals surface area contributed by atoms with Crippen LogP contribution in [0.25, 0.3) is 5.69 Å². The Morgan fingerprint density at radius 3 is 2.69 bits per heavy atom. The third kappa shape index (κ3) is 1.56. The molecule has 0 radical (unpaired) electrons. The van der Waals surface area contributed by atoms with Gasteiger partial charge in [-0.05, 0) is 19.1 Å². The van der Waals surface area contributed by atoms with Crippen molar-refractivity contribution >= 4 is 11.6 Å². The first kappa shape index (κ1) is 10.4. The topological polar surface area (TPSA) is 60.9 Å². The fourth-order valence-corrected chi connectivity index (χ4v) is 1.44. The van der Waals surface area contributed by atoms with Crippen LogP contribution in [0.4, 0.5) is 10.2 Å². The Morgan fingerprint density at radius 1 is 1.44 bits per heavy atom. The summed E-state index contributed by atoms with van der Waals surface area (Å²) in [6.07, 6.45) is 1.34. The smallest absolute Gasteiger partial charge is 0.165 e. The number of carbonyl (C=O) groups excluding carboxylic acids is 1. The summed E-state index contributed by atoms with van der Waals surface area (Å²) in [5.74, 6) is -0.481. The highest BCUT2D eigenvalue weighted by atomic mass is 19.1. The fourth-order valence-electron chi connectivity index (χ4n) is 1.44. The number of halogens is 1. The zero-order valence-corrected chi connectivity index (χ0v) is 8.64. The van der Waals surface area contributed by atoms with Crippen molar-refractivity contribution in [2.75, 3.05) is 5.73 Å². The van der Waals surface area contributed by atoms with Crippen LogP contribution in [0.2, 0.25) is 0 Å². The summed E-state index contributed by atoms with van der Waals surface area (Å²) in [5, 5.41) is 3.90. The van der Waals surface area contributed by atoms with Gasteiger partial charge in [0.2, 0.25) is 0 Å². The Hall–Kier alpha value is -2.17. The van der Waals surface area contributed by atoms with Gasteiger partial charge in [0.15, 0.2) is 5.78 Å². The molecule has 2 rings (SSSR count). The van der Waals surface area contributed by atoms with Gasteiger partial charge >= 0.3 is 0 Å². The number of nitrogens with zero attached hydrogens (tertiary/aromatic N) is 2. The van der Waals surface area contributed by atoms with Crippen molar-refractivity contribution < 1.29 is 9.18 Å². The molecule has 0 amide bonds. The second-order valence-electron chi connectivity index (χ2n) is 3.36. The van der Waals surface area contributed by atoms with Crippen LogP contribution in [0.15, 0.2) is 30.5 Å². The summed E-state index contributed by atoms with van der Waals surface area (Å²) in [4.78, 5) is 11.2. The molecule has 0 aliphatic heterocycles. The molecule has 16 heavy (non-hydrogen) atoms. The highest BCUT2D eigenvalue weighted by Crippen LogP contribution is 2.19. The van der Waals surface area contributed by atoms with E-state index < -0.39 is 5.82 Å². The number of carbonyl (C=O) groups is 1. The lowest BCUT2D eigenvalue weighted by molar-refractivity contribution is 0.101.